The maximum absolute atomic E-state index is 13.7. The van der Waals surface area contributed by atoms with Gasteiger partial charge in [0.25, 0.3) is 0 Å². The van der Waals surface area contributed by atoms with Crippen LogP contribution in [0.3, 0.4) is 0 Å². The van der Waals surface area contributed by atoms with Gasteiger partial charge in [-0.05, 0) is 36.5 Å². The van der Waals surface area contributed by atoms with E-state index >= 15 is 0 Å². The molecule has 0 aromatic heterocycles. The molecule has 5 nitrogen and oxygen atoms in total. The summed E-state index contributed by atoms with van der Waals surface area (Å²) in [6.45, 7) is 0. The summed E-state index contributed by atoms with van der Waals surface area (Å²) in [5.41, 5.74) is 5.24. The summed E-state index contributed by atoms with van der Waals surface area (Å²) in [6.07, 6.45) is 0. The zero-order chi connectivity index (χ0) is 21.7. The van der Waals surface area contributed by atoms with Gasteiger partial charge in [0, 0.05) is 33.5 Å². The van der Waals surface area contributed by atoms with Gasteiger partial charge in [-0.2, -0.15) is 5.20 Å². The molecular weight excluding hydrogens is 449 g/mol. The molecule has 1 heterocycles. The zero-order valence-electron chi connectivity index (χ0n) is 16.3. The number of anilines is 1. The van der Waals surface area contributed by atoms with Crippen LogP contribution in [-0.2, 0) is 9.30 Å². The topological polar surface area (TPSA) is 62.4 Å². The van der Waals surface area contributed by atoms with Gasteiger partial charge < -0.3 is 10.1 Å². The molecule has 3 aromatic rings. The van der Waals surface area contributed by atoms with Gasteiger partial charge in [-0.3, -0.25) is 9.99 Å². The van der Waals surface area contributed by atoms with Gasteiger partial charge in [0.15, 0.2) is 5.11 Å². The van der Waals surface area contributed by atoms with Crippen LogP contribution >= 0.6 is 31.1 Å². The Morgan fingerprint density at radius 2 is 1.32 bits per heavy atom. The van der Waals surface area contributed by atoms with Gasteiger partial charge in [0.1, 0.15) is 11.5 Å². The van der Waals surface area contributed by atoms with Crippen LogP contribution in [0.5, 0.6) is 0 Å². The molecule has 0 aliphatic carbocycles. The summed E-state index contributed by atoms with van der Waals surface area (Å²) in [4.78, 5) is 0. The van der Waals surface area contributed by atoms with Crippen LogP contribution < -0.4 is 15.9 Å². The Morgan fingerprint density at radius 3 is 1.84 bits per heavy atom. The average Bonchev–Trinajstić information content (AvgIpc) is 2.80. The minimum atomic E-state index is -3.18. The molecule has 0 radical (unpaired) electrons. The first-order valence-corrected chi connectivity index (χ1v) is 12.1. The van der Waals surface area contributed by atoms with E-state index in [-0.39, 0.29) is 5.11 Å². The van der Waals surface area contributed by atoms with Gasteiger partial charge in [0.05, 0.1) is 0 Å². The number of rotatable bonds is 5. The number of benzene rings is 3. The van der Waals surface area contributed by atoms with Crippen molar-refractivity contribution < 1.29 is 9.30 Å². The number of hydrogen-bond acceptors (Lipinski definition) is 3. The average molecular weight is 468 g/mol. The number of hydrogen-bond donors (Lipinski definition) is 3. The second-order valence-corrected chi connectivity index (χ2v) is 9.73. The van der Waals surface area contributed by atoms with Crippen LogP contribution in [0.2, 0.25) is 5.02 Å². The van der Waals surface area contributed by atoms with Gasteiger partial charge in [-0.25, -0.2) is 0 Å². The molecular formula is C23H19ClN3O2PS. The molecule has 8 heteroatoms. The highest BCUT2D eigenvalue weighted by Crippen LogP contribution is 2.52. The van der Waals surface area contributed by atoms with E-state index in [4.69, 9.17) is 28.6 Å². The Labute approximate surface area is 191 Å². The van der Waals surface area contributed by atoms with Crippen LogP contribution in [0, 0.1) is 0 Å². The second kappa shape index (κ2) is 9.50. The van der Waals surface area contributed by atoms with Crippen molar-refractivity contribution in [3.8, 4) is 0 Å². The first kappa shape index (κ1) is 21.3. The fourth-order valence-electron chi connectivity index (χ4n) is 2.93. The summed E-state index contributed by atoms with van der Waals surface area (Å²) in [5, 5.41) is 6.79. The van der Waals surface area contributed by atoms with Crippen LogP contribution in [0.25, 0.3) is 11.5 Å². The normalized spacial score (nSPS) is 14.6. The molecule has 0 fully saturated rings. The number of ether oxygens (including phenoxy) is 1. The molecule has 4 rings (SSSR count). The van der Waals surface area contributed by atoms with E-state index in [0.717, 1.165) is 16.8 Å². The summed E-state index contributed by atoms with van der Waals surface area (Å²) in [7, 11) is -3.18. The highest BCUT2D eigenvalue weighted by atomic mass is 35.5. The fourth-order valence-corrected chi connectivity index (χ4v) is 4.89. The van der Waals surface area contributed by atoms with E-state index in [9.17, 15) is 4.57 Å². The van der Waals surface area contributed by atoms with E-state index in [1.807, 2.05) is 60.7 Å². The third-order valence-corrected chi connectivity index (χ3v) is 6.55. The van der Waals surface area contributed by atoms with Crippen LogP contribution in [0.1, 0.15) is 11.1 Å². The van der Waals surface area contributed by atoms with Gasteiger partial charge in [-0.1, -0.05) is 72.3 Å². The van der Waals surface area contributed by atoms with E-state index < -0.39 is 7.29 Å². The Bertz CT molecular complexity index is 1120. The molecule has 0 unspecified atom stereocenters. The lowest BCUT2D eigenvalue weighted by Crippen LogP contribution is -2.37. The highest BCUT2D eigenvalue weighted by Gasteiger charge is 2.27. The number of thiocarbonyl (C=S) groups is 1. The summed E-state index contributed by atoms with van der Waals surface area (Å²) in [5.74, 6) is 4.20. The first-order valence-electron chi connectivity index (χ1n) is 9.44. The third kappa shape index (κ3) is 5.63. The predicted octanol–water partition coefficient (Wildman–Crippen LogP) is 6.44. The number of nitrogens with one attached hydrogen (secondary N) is 3. The first-order chi connectivity index (χ1) is 15.0. The minimum Gasteiger partial charge on any atom is -0.456 e. The monoisotopic (exact) mass is 467 g/mol. The van der Waals surface area contributed by atoms with Crippen molar-refractivity contribution in [1.82, 2.24) is 10.6 Å². The lowest BCUT2D eigenvalue weighted by atomic mass is 10.2. The molecule has 0 saturated heterocycles. The van der Waals surface area contributed by atoms with Crippen molar-refractivity contribution in [3.63, 3.8) is 0 Å². The standard InChI is InChI=1S/C23H19ClN3O2PS/c24-19-11-13-20(14-12-19)25-23(31)26-27-30(28)15-21(17-7-3-1-4-8-17)29-22(16-30)18-9-5-2-6-10-18/h1-16H,(H,27,28)(H2,25,26,31). The maximum atomic E-state index is 13.7. The van der Waals surface area contributed by atoms with Gasteiger partial charge in [-0.15, -0.1) is 0 Å². The van der Waals surface area contributed by atoms with Crippen molar-refractivity contribution >= 4 is 53.4 Å². The van der Waals surface area contributed by atoms with Crippen molar-refractivity contribution in [1.29, 1.82) is 0 Å². The summed E-state index contributed by atoms with van der Waals surface area (Å²) < 4.78 is 19.8. The Kier molecular flexibility index (Phi) is 6.54. The summed E-state index contributed by atoms with van der Waals surface area (Å²) >= 11 is 11.2. The molecule has 0 saturated carbocycles. The molecule has 3 N–H and O–H groups in total. The van der Waals surface area contributed by atoms with E-state index in [1.54, 1.807) is 35.9 Å². The van der Waals surface area contributed by atoms with Crippen molar-refractivity contribution in [3.05, 3.63) is 113 Å². The SMILES string of the molecule is O=P1(NNC(=S)Nc2ccc(Cl)cc2)C=C(c2ccccc2)OC(c2ccccc2)=C1. The Morgan fingerprint density at radius 1 is 0.806 bits per heavy atom. The second-order valence-electron chi connectivity index (χ2n) is 6.73. The van der Waals surface area contributed by atoms with Crippen molar-refractivity contribution in [2.75, 3.05) is 5.32 Å². The number of hydrazine groups is 1. The van der Waals surface area contributed by atoms with Gasteiger partial charge in [0.2, 0.25) is 7.29 Å². The number of halogens is 1. The van der Waals surface area contributed by atoms with Crippen molar-refractivity contribution in [2.45, 2.75) is 0 Å². The minimum absolute atomic E-state index is 0.272. The maximum Gasteiger partial charge on any atom is 0.215 e. The Balaban J connectivity index is 1.56. The molecule has 156 valence electrons. The largest absolute Gasteiger partial charge is 0.456 e. The molecule has 0 spiro atoms. The quantitative estimate of drug-likeness (QED) is 0.228. The van der Waals surface area contributed by atoms with E-state index in [1.165, 1.54) is 0 Å². The fraction of sp³-hybridized carbons (Fsp3) is 0. The lowest BCUT2D eigenvalue weighted by molar-refractivity contribution is 0.468. The summed E-state index contributed by atoms with van der Waals surface area (Å²) in [6, 6.07) is 26.2. The lowest BCUT2D eigenvalue weighted by Gasteiger charge is -2.24. The van der Waals surface area contributed by atoms with Crippen LogP contribution in [0.4, 0.5) is 5.69 Å². The smallest absolute Gasteiger partial charge is 0.215 e. The molecule has 1 aliphatic rings. The molecule has 0 amide bonds. The predicted molar refractivity (Wildman–Crippen MR) is 131 cm³/mol. The van der Waals surface area contributed by atoms with E-state index in [0.29, 0.717) is 16.5 Å². The third-order valence-electron chi connectivity index (χ3n) is 4.40. The Hall–Kier alpha value is -2.89. The molecule has 0 atom stereocenters. The molecule has 31 heavy (non-hydrogen) atoms. The van der Waals surface area contributed by atoms with Crippen LogP contribution in [0.15, 0.2) is 96.6 Å². The molecule has 3 aromatic carbocycles. The molecule has 0 bridgehead atoms. The van der Waals surface area contributed by atoms with Gasteiger partial charge >= 0.3 is 0 Å². The highest BCUT2D eigenvalue weighted by molar-refractivity contribution is 7.80. The van der Waals surface area contributed by atoms with Crippen LogP contribution in [-0.4, -0.2) is 5.11 Å². The molecule has 1 aliphatic heterocycles. The van der Waals surface area contributed by atoms with Crippen molar-refractivity contribution in [2.24, 2.45) is 0 Å². The van der Waals surface area contributed by atoms with E-state index in [2.05, 4.69) is 15.9 Å². The zero-order valence-corrected chi connectivity index (χ0v) is 18.8.